The molecule has 1 aliphatic heterocycles. The largest absolute Gasteiger partial charge is 0.444 e. The average Bonchev–Trinajstić information content (AvgIpc) is 2.97. The van der Waals surface area contributed by atoms with E-state index in [9.17, 15) is 4.79 Å². The first-order valence-corrected chi connectivity index (χ1v) is 9.57. The second-order valence-electron chi connectivity index (χ2n) is 7.55. The molecule has 1 amide bonds. The van der Waals surface area contributed by atoms with Crippen LogP contribution in [0.2, 0.25) is 10.0 Å². The molecule has 0 atom stereocenters. The summed E-state index contributed by atoms with van der Waals surface area (Å²) in [6, 6.07) is 7.52. The van der Waals surface area contributed by atoms with Crippen molar-refractivity contribution in [1.29, 1.82) is 0 Å². The van der Waals surface area contributed by atoms with Crippen molar-refractivity contribution < 1.29 is 9.53 Å². The zero-order chi connectivity index (χ0) is 19.8. The first-order chi connectivity index (χ1) is 12.7. The molecule has 5 nitrogen and oxygen atoms in total. The molecular weight excluding hydrogens is 385 g/mol. The fraction of sp³-hybridized carbons (Fsp3) is 0.400. The topological polar surface area (TPSA) is 47.4 Å². The summed E-state index contributed by atoms with van der Waals surface area (Å²) in [5.41, 5.74) is 3.24. The minimum Gasteiger partial charge on any atom is -0.444 e. The highest BCUT2D eigenvalue weighted by Crippen LogP contribution is 2.34. The lowest BCUT2D eigenvalue weighted by molar-refractivity contribution is 0.0270. The zero-order valence-corrected chi connectivity index (χ0v) is 17.4. The predicted molar refractivity (Wildman–Crippen MR) is 109 cm³/mol. The maximum Gasteiger partial charge on any atom is 0.410 e. The third kappa shape index (κ3) is 4.47. The molecule has 0 fully saturated rings. The van der Waals surface area contributed by atoms with Gasteiger partial charge in [0.25, 0.3) is 0 Å². The molecule has 0 unspecified atom stereocenters. The molecule has 0 bridgehead atoms. The molecule has 7 heteroatoms. The zero-order valence-electron chi connectivity index (χ0n) is 15.9. The Kier molecular flexibility index (Phi) is 5.54. The van der Waals surface area contributed by atoms with Crippen LogP contribution in [0, 0.1) is 0 Å². The molecule has 0 aliphatic carbocycles. The number of hydrogen-bond donors (Lipinski definition) is 0. The van der Waals surface area contributed by atoms with Gasteiger partial charge in [-0.3, -0.25) is 4.68 Å². The summed E-state index contributed by atoms with van der Waals surface area (Å²) < 4.78 is 7.28. The van der Waals surface area contributed by atoms with Crippen LogP contribution in [0.15, 0.2) is 30.3 Å². The van der Waals surface area contributed by atoms with E-state index in [1.165, 1.54) is 0 Å². The number of nitrogens with zero attached hydrogens (tertiary/aromatic N) is 3. The van der Waals surface area contributed by atoms with Crippen molar-refractivity contribution in [3.8, 4) is 11.3 Å². The summed E-state index contributed by atoms with van der Waals surface area (Å²) >= 11 is 12.5. The van der Waals surface area contributed by atoms with E-state index in [0.29, 0.717) is 23.1 Å². The van der Waals surface area contributed by atoms with E-state index in [1.807, 2.05) is 56.8 Å². The molecule has 0 saturated heterocycles. The summed E-state index contributed by atoms with van der Waals surface area (Å²) in [7, 11) is 1.90. The Hall–Kier alpha value is -1.98. The maximum absolute atomic E-state index is 12.2. The molecule has 0 N–H and O–H groups in total. The predicted octanol–water partition coefficient (Wildman–Crippen LogP) is 5.42. The summed E-state index contributed by atoms with van der Waals surface area (Å²) in [5.74, 6) is 0. The molecule has 3 rings (SSSR count). The Bertz CT molecular complexity index is 897. The van der Waals surface area contributed by atoms with Gasteiger partial charge in [0.15, 0.2) is 0 Å². The number of benzene rings is 1. The van der Waals surface area contributed by atoms with Gasteiger partial charge >= 0.3 is 6.09 Å². The van der Waals surface area contributed by atoms with Gasteiger partial charge in [-0.05, 0) is 44.9 Å². The third-order valence-electron chi connectivity index (χ3n) is 4.30. The number of hydrogen-bond acceptors (Lipinski definition) is 3. The lowest BCUT2D eigenvalue weighted by atomic mass is 10.0. The first kappa shape index (κ1) is 19.8. The second-order valence-corrected chi connectivity index (χ2v) is 8.33. The minimum absolute atomic E-state index is 0.283. The highest BCUT2D eigenvalue weighted by atomic mass is 35.5. The fourth-order valence-corrected chi connectivity index (χ4v) is 3.39. The Labute approximate surface area is 169 Å². The van der Waals surface area contributed by atoms with Crippen molar-refractivity contribution >= 4 is 34.9 Å². The van der Waals surface area contributed by atoms with Gasteiger partial charge in [-0.25, -0.2) is 4.79 Å². The number of carbonyl (C=O) groups is 1. The SMILES string of the molecule is Cn1nc(-c2cccc(Cl)c2Cl)cc1C1=CCN(C(=O)OC(C)(C)C)CC1. The molecule has 144 valence electrons. The van der Waals surface area contributed by atoms with Gasteiger partial charge in [0.2, 0.25) is 0 Å². The number of amides is 1. The van der Waals surface area contributed by atoms with Crippen molar-refractivity contribution in [1.82, 2.24) is 14.7 Å². The maximum atomic E-state index is 12.2. The molecular formula is C20H23Cl2N3O2. The molecule has 0 spiro atoms. The Morgan fingerprint density at radius 1 is 1.26 bits per heavy atom. The normalized spacial score (nSPS) is 14.9. The number of carbonyl (C=O) groups excluding carboxylic acids is 1. The molecule has 0 saturated carbocycles. The molecule has 2 aromatic rings. The fourth-order valence-electron chi connectivity index (χ4n) is 3.00. The van der Waals surface area contributed by atoms with Crippen LogP contribution in [-0.2, 0) is 11.8 Å². The van der Waals surface area contributed by atoms with Crippen LogP contribution in [0.5, 0.6) is 0 Å². The monoisotopic (exact) mass is 407 g/mol. The van der Waals surface area contributed by atoms with E-state index in [0.717, 1.165) is 28.9 Å². The molecule has 2 heterocycles. The molecule has 0 radical (unpaired) electrons. The van der Waals surface area contributed by atoms with Crippen LogP contribution in [0.1, 0.15) is 32.9 Å². The first-order valence-electron chi connectivity index (χ1n) is 8.81. The van der Waals surface area contributed by atoms with Crippen molar-refractivity contribution in [2.75, 3.05) is 13.1 Å². The Morgan fingerprint density at radius 3 is 2.63 bits per heavy atom. The van der Waals surface area contributed by atoms with Crippen molar-refractivity contribution in [3.63, 3.8) is 0 Å². The van der Waals surface area contributed by atoms with E-state index < -0.39 is 5.60 Å². The van der Waals surface area contributed by atoms with E-state index in [-0.39, 0.29) is 6.09 Å². The summed E-state index contributed by atoms with van der Waals surface area (Å²) in [4.78, 5) is 13.9. The summed E-state index contributed by atoms with van der Waals surface area (Å²) in [6.07, 6.45) is 2.50. The summed E-state index contributed by atoms with van der Waals surface area (Å²) in [6.45, 7) is 6.73. The lowest BCUT2D eigenvalue weighted by Gasteiger charge is -2.29. The van der Waals surface area contributed by atoms with Crippen LogP contribution in [0.4, 0.5) is 4.79 Å². The number of aromatic nitrogens is 2. The number of rotatable bonds is 2. The Morgan fingerprint density at radius 2 is 2.00 bits per heavy atom. The highest BCUT2D eigenvalue weighted by Gasteiger charge is 2.25. The van der Waals surface area contributed by atoms with Crippen LogP contribution < -0.4 is 0 Å². The smallest absolute Gasteiger partial charge is 0.410 e. The van der Waals surface area contributed by atoms with Crippen molar-refractivity contribution in [2.45, 2.75) is 32.8 Å². The molecule has 1 aliphatic rings. The van der Waals surface area contributed by atoms with Crippen LogP contribution >= 0.6 is 23.2 Å². The average molecular weight is 408 g/mol. The Balaban J connectivity index is 1.80. The van der Waals surface area contributed by atoms with Gasteiger partial charge in [0.05, 0.1) is 21.4 Å². The standard InChI is InChI=1S/C20H23Cl2N3O2/c1-20(2,3)27-19(26)25-10-8-13(9-11-25)17-12-16(23-24(17)4)14-6-5-7-15(21)18(14)22/h5-8,12H,9-11H2,1-4H3. The van der Waals surface area contributed by atoms with E-state index in [1.54, 1.807) is 11.0 Å². The minimum atomic E-state index is -0.492. The quantitative estimate of drug-likeness (QED) is 0.667. The summed E-state index contributed by atoms with van der Waals surface area (Å²) in [5, 5.41) is 5.59. The van der Waals surface area contributed by atoms with Gasteiger partial charge in [-0.1, -0.05) is 41.4 Å². The number of aryl methyl sites for hydroxylation is 1. The van der Waals surface area contributed by atoms with Crippen LogP contribution in [-0.4, -0.2) is 39.5 Å². The second kappa shape index (κ2) is 7.56. The van der Waals surface area contributed by atoms with Crippen molar-refractivity contribution in [2.24, 2.45) is 7.05 Å². The molecule has 1 aromatic carbocycles. The molecule has 1 aromatic heterocycles. The van der Waals surface area contributed by atoms with Gasteiger partial charge < -0.3 is 9.64 Å². The number of ether oxygens (including phenoxy) is 1. The van der Waals surface area contributed by atoms with Gasteiger partial charge in [-0.15, -0.1) is 0 Å². The van der Waals surface area contributed by atoms with Gasteiger partial charge in [0.1, 0.15) is 5.60 Å². The van der Waals surface area contributed by atoms with E-state index >= 15 is 0 Å². The van der Waals surface area contributed by atoms with Crippen LogP contribution in [0.25, 0.3) is 16.8 Å². The third-order valence-corrected chi connectivity index (χ3v) is 5.12. The highest BCUT2D eigenvalue weighted by molar-refractivity contribution is 6.43. The van der Waals surface area contributed by atoms with E-state index in [4.69, 9.17) is 27.9 Å². The van der Waals surface area contributed by atoms with Gasteiger partial charge in [0, 0.05) is 25.7 Å². The lowest BCUT2D eigenvalue weighted by Crippen LogP contribution is -2.39. The number of halogens is 2. The molecule has 27 heavy (non-hydrogen) atoms. The van der Waals surface area contributed by atoms with Gasteiger partial charge in [-0.2, -0.15) is 5.10 Å². The van der Waals surface area contributed by atoms with E-state index in [2.05, 4.69) is 5.10 Å². The van der Waals surface area contributed by atoms with Crippen molar-refractivity contribution in [3.05, 3.63) is 46.1 Å². The van der Waals surface area contributed by atoms with Crippen LogP contribution in [0.3, 0.4) is 0 Å².